The first-order chi connectivity index (χ1) is 12.4. The van der Waals surface area contributed by atoms with Gasteiger partial charge in [0.05, 0.1) is 11.4 Å². The first-order valence-corrected chi connectivity index (χ1v) is 12.2. The molecule has 1 N–H and O–H groups in total. The number of anilines is 1. The van der Waals surface area contributed by atoms with Crippen LogP contribution in [0.25, 0.3) is 0 Å². The molecule has 1 aliphatic heterocycles. The van der Waals surface area contributed by atoms with E-state index in [2.05, 4.69) is 17.2 Å². The molecule has 1 saturated heterocycles. The topological polar surface area (TPSA) is 79.4 Å². The quantitative estimate of drug-likeness (QED) is 0.797. The number of rotatable bonds is 6. The molecule has 0 saturated carbocycles. The number of thiazole rings is 1. The number of piperidine rings is 1. The van der Waals surface area contributed by atoms with Gasteiger partial charge in [-0.3, -0.25) is 4.79 Å². The van der Waals surface area contributed by atoms with Crippen molar-refractivity contribution in [3.63, 3.8) is 0 Å². The number of fused-ring (bicyclic) bond motifs is 1. The summed E-state index contributed by atoms with van der Waals surface area (Å²) in [6, 6.07) is -0.607. The Labute approximate surface area is 160 Å². The van der Waals surface area contributed by atoms with E-state index in [4.69, 9.17) is 0 Å². The summed E-state index contributed by atoms with van der Waals surface area (Å²) in [5, 5.41) is 3.53. The fourth-order valence-corrected chi connectivity index (χ4v) is 6.78. The fourth-order valence-electron chi connectivity index (χ4n) is 3.91. The maximum Gasteiger partial charge on any atom is 0.244 e. The highest BCUT2D eigenvalue weighted by molar-refractivity contribution is 7.89. The highest BCUT2D eigenvalue weighted by Gasteiger charge is 2.36. The van der Waals surface area contributed by atoms with Gasteiger partial charge in [-0.25, -0.2) is 13.4 Å². The van der Waals surface area contributed by atoms with Crippen LogP contribution in [0, 0.1) is 5.92 Å². The number of nitrogens with zero attached hydrogens (tertiary/aromatic N) is 2. The van der Waals surface area contributed by atoms with Gasteiger partial charge in [-0.1, -0.05) is 26.7 Å². The molecule has 1 fully saturated rings. The Hall–Kier alpha value is -0.990. The van der Waals surface area contributed by atoms with Crippen molar-refractivity contribution in [2.75, 3.05) is 17.6 Å². The average Bonchev–Trinajstić information content (AvgIpc) is 3.02. The Morgan fingerprint density at radius 1 is 1.31 bits per heavy atom. The number of nitrogens with one attached hydrogen (secondary N) is 1. The lowest BCUT2D eigenvalue weighted by Gasteiger charge is -2.33. The lowest BCUT2D eigenvalue weighted by molar-refractivity contribution is -0.120. The van der Waals surface area contributed by atoms with E-state index in [9.17, 15) is 13.2 Å². The number of amides is 1. The summed E-state index contributed by atoms with van der Waals surface area (Å²) in [6.07, 6.45) is 7.18. The molecular formula is C18H29N3O3S2. The van der Waals surface area contributed by atoms with E-state index >= 15 is 0 Å². The second kappa shape index (κ2) is 8.35. The monoisotopic (exact) mass is 399 g/mol. The van der Waals surface area contributed by atoms with Crippen LogP contribution in [-0.2, 0) is 27.7 Å². The summed E-state index contributed by atoms with van der Waals surface area (Å²) in [7, 11) is -3.38. The molecule has 3 rings (SSSR count). The van der Waals surface area contributed by atoms with E-state index in [1.807, 2.05) is 6.92 Å². The van der Waals surface area contributed by atoms with Crippen LogP contribution in [0.4, 0.5) is 5.13 Å². The Morgan fingerprint density at radius 2 is 2.12 bits per heavy atom. The van der Waals surface area contributed by atoms with E-state index in [0.29, 0.717) is 30.4 Å². The lowest BCUT2D eigenvalue weighted by atomic mass is 9.89. The highest BCUT2D eigenvalue weighted by atomic mass is 32.2. The van der Waals surface area contributed by atoms with Gasteiger partial charge < -0.3 is 5.32 Å². The molecule has 6 nitrogen and oxygen atoms in total. The van der Waals surface area contributed by atoms with Crippen LogP contribution in [0.15, 0.2) is 0 Å². The summed E-state index contributed by atoms with van der Waals surface area (Å²) in [6.45, 7) is 4.50. The standard InChI is InChI=1S/C18H29N3O3S2/c1-3-11-26(23,24)21-10-6-5-7-15(21)17(22)20-18-19-14-9-8-13(4-2)12-16(14)25-18/h13,15H,3-12H2,1-2H3,(H,19,20,22). The second-order valence-corrected chi connectivity index (χ2v) is 10.5. The molecule has 1 amide bonds. The molecule has 0 bridgehead atoms. The Morgan fingerprint density at radius 3 is 2.85 bits per heavy atom. The minimum absolute atomic E-state index is 0.0980. The lowest BCUT2D eigenvalue weighted by Crippen LogP contribution is -2.50. The summed E-state index contributed by atoms with van der Waals surface area (Å²) < 4.78 is 26.4. The predicted molar refractivity (Wildman–Crippen MR) is 105 cm³/mol. The molecule has 8 heteroatoms. The van der Waals surface area contributed by atoms with Crippen molar-refractivity contribution in [3.05, 3.63) is 10.6 Å². The SMILES string of the molecule is CCCS(=O)(=O)N1CCCCC1C(=O)Nc1nc2c(s1)CC(CC)CC2. The molecule has 1 aliphatic carbocycles. The molecule has 2 aliphatic rings. The van der Waals surface area contributed by atoms with Gasteiger partial charge in [-0.05, 0) is 44.4 Å². The van der Waals surface area contributed by atoms with Gasteiger partial charge in [-0.2, -0.15) is 4.31 Å². The number of carbonyl (C=O) groups is 1. The number of hydrogen-bond donors (Lipinski definition) is 1. The number of aromatic nitrogens is 1. The number of carbonyl (C=O) groups excluding carboxylic acids is 1. The Bertz CT molecular complexity index is 745. The number of aryl methyl sites for hydroxylation is 1. The van der Waals surface area contributed by atoms with Crippen molar-refractivity contribution in [2.24, 2.45) is 5.92 Å². The third-order valence-corrected chi connectivity index (χ3v) is 8.54. The summed E-state index contributed by atoms with van der Waals surface area (Å²) in [5.41, 5.74) is 1.11. The van der Waals surface area contributed by atoms with Gasteiger partial charge in [0.25, 0.3) is 0 Å². The van der Waals surface area contributed by atoms with Gasteiger partial charge in [0.1, 0.15) is 6.04 Å². The van der Waals surface area contributed by atoms with Gasteiger partial charge in [-0.15, -0.1) is 11.3 Å². The van der Waals surface area contributed by atoms with Crippen molar-refractivity contribution in [2.45, 2.75) is 71.3 Å². The van der Waals surface area contributed by atoms with Crippen LogP contribution < -0.4 is 5.32 Å². The molecule has 1 aromatic rings. The molecule has 0 spiro atoms. The first kappa shape index (κ1) is 19.8. The summed E-state index contributed by atoms with van der Waals surface area (Å²) >= 11 is 1.55. The van der Waals surface area contributed by atoms with Crippen molar-refractivity contribution in [1.82, 2.24) is 9.29 Å². The summed E-state index contributed by atoms with van der Waals surface area (Å²) in [4.78, 5) is 18.7. The third-order valence-electron chi connectivity index (χ3n) is 5.42. The normalized spacial score (nSPS) is 24.2. The van der Waals surface area contributed by atoms with E-state index < -0.39 is 16.1 Å². The third kappa shape index (κ3) is 4.28. The molecule has 0 radical (unpaired) electrons. The van der Waals surface area contributed by atoms with E-state index in [1.165, 1.54) is 15.6 Å². The minimum atomic E-state index is -3.38. The molecule has 26 heavy (non-hydrogen) atoms. The Kier molecular flexibility index (Phi) is 6.35. The smallest absolute Gasteiger partial charge is 0.244 e. The molecule has 2 heterocycles. The van der Waals surface area contributed by atoms with Crippen LogP contribution in [0.1, 0.15) is 62.9 Å². The zero-order chi connectivity index (χ0) is 18.7. The molecule has 0 aromatic carbocycles. The first-order valence-electron chi connectivity index (χ1n) is 9.73. The number of hydrogen-bond acceptors (Lipinski definition) is 5. The highest BCUT2D eigenvalue weighted by Crippen LogP contribution is 2.34. The molecule has 2 atom stereocenters. The van der Waals surface area contributed by atoms with Gasteiger partial charge in [0, 0.05) is 11.4 Å². The zero-order valence-corrected chi connectivity index (χ0v) is 17.3. The van der Waals surface area contributed by atoms with E-state index in [0.717, 1.165) is 37.8 Å². The maximum absolute atomic E-state index is 12.8. The summed E-state index contributed by atoms with van der Waals surface area (Å²) in [5.74, 6) is 0.572. The van der Waals surface area contributed by atoms with Crippen molar-refractivity contribution in [3.8, 4) is 0 Å². The van der Waals surface area contributed by atoms with Crippen molar-refractivity contribution in [1.29, 1.82) is 0 Å². The minimum Gasteiger partial charge on any atom is -0.301 e. The molecule has 1 aromatic heterocycles. The molecular weight excluding hydrogens is 370 g/mol. The van der Waals surface area contributed by atoms with Gasteiger partial charge >= 0.3 is 0 Å². The van der Waals surface area contributed by atoms with E-state index in [1.54, 1.807) is 11.3 Å². The van der Waals surface area contributed by atoms with Gasteiger partial charge in [0.15, 0.2) is 5.13 Å². The zero-order valence-electron chi connectivity index (χ0n) is 15.7. The predicted octanol–water partition coefficient (Wildman–Crippen LogP) is 3.19. The largest absolute Gasteiger partial charge is 0.301 e. The Balaban J connectivity index is 1.71. The van der Waals surface area contributed by atoms with Crippen LogP contribution >= 0.6 is 11.3 Å². The van der Waals surface area contributed by atoms with Crippen LogP contribution in [0.3, 0.4) is 0 Å². The fraction of sp³-hybridized carbons (Fsp3) is 0.778. The van der Waals surface area contributed by atoms with Crippen molar-refractivity contribution >= 4 is 32.4 Å². The van der Waals surface area contributed by atoms with Crippen LogP contribution in [0.5, 0.6) is 0 Å². The number of sulfonamides is 1. The molecule has 146 valence electrons. The average molecular weight is 400 g/mol. The van der Waals surface area contributed by atoms with E-state index in [-0.39, 0.29) is 11.7 Å². The molecule has 2 unspecified atom stereocenters. The van der Waals surface area contributed by atoms with Crippen LogP contribution in [0.2, 0.25) is 0 Å². The second-order valence-electron chi connectivity index (χ2n) is 7.33. The maximum atomic E-state index is 12.8. The van der Waals surface area contributed by atoms with Gasteiger partial charge in [0.2, 0.25) is 15.9 Å². The van der Waals surface area contributed by atoms with Crippen LogP contribution in [-0.4, -0.2) is 42.0 Å². The van der Waals surface area contributed by atoms with Crippen molar-refractivity contribution < 1.29 is 13.2 Å².